The van der Waals surface area contributed by atoms with E-state index in [2.05, 4.69) is 0 Å². The van der Waals surface area contributed by atoms with Gasteiger partial charge in [0.15, 0.2) is 0 Å². The summed E-state index contributed by atoms with van der Waals surface area (Å²) in [5.41, 5.74) is -22.3. The number of alkyl halides is 18. The molecule has 3 rings (SSSR count). The van der Waals surface area contributed by atoms with Gasteiger partial charge >= 0.3 is 37.1 Å². The summed E-state index contributed by atoms with van der Waals surface area (Å²) in [6.07, 6.45) is -36.5. The van der Waals surface area contributed by atoms with E-state index in [1.165, 1.54) is 18.2 Å². The molecule has 244 valence electrons. The molecule has 0 heterocycles. The Morgan fingerprint density at radius 2 is 0.689 bits per heavy atom. The van der Waals surface area contributed by atoms with Gasteiger partial charge in [0.05, 0.1) is 33.4 Å². The van der Waals surface area contributed by atoms with E-state index in [0.29, 0.717) is 6.08 Å². The number of rotatable bonds is 4. The highest BCUT2D eigenvalue weighted by molar-refractivity contribution is 6.91. The molecule has 0 aromatic heterocycles. The second kappa shape index (κ2) is 11.5. The topological polar surface area (TPSA) is 0 Å². The van der Waals surface area contributed by atoms with Crippen LogP contribution in [0.25, 0.3) is 6.08 Å². The third kappa shape index (κ3) is 8.08. The average molecular weight is 676 g/mol. The Morgan fingerprint density at radius 1 is 0.400 bits per heavy atom. The van der Waals surface area contributed by atoms with Crippen molar-refractivity contribution in [3.63, 3.8) is 0 Å². The maximum Gasteiger partial charge on any atom is 0.416 e. The molecule has 0 nitrogen and oxygen atoms in total. The van der Waals surface area contributed by atoms with Crippen LogP contribution in [0.2, 0.25) is 0 Å². The maximum absolute atomic E-state index is 14.2. The Balaban J connectivity index is 2.73. The van der Waals surface area contributed by atoms with Crippen LogP contribution < -0.4 is 10.9 Å². The van der Waals surface area contributed by atoms with Crippen LogP contribution in [0.5, 0.6) is 0 Å². The molecular weight excluding hydrogens is 665 g/mol. The first-order chi connectivity index (χ1) is 20.1. The molecule has 3 aromatic rings. The van der Waals surface area contributed by atoms with Crippen LogP contribution in [0.3, 0.4) is 0 Å². The van der Waals surface area contributed by atoms with Crippen LogP contribution >= 0.6 is 0 Å². The molecule has 0 saturated heterocycles. The fraction of sp³-hybridized carbons (Fsp3) is 0.231. The normalized spacial score (nSPS) is 13.9. The highest BCUT2D eigenvalue weighted by Gasteiger charge is 2.51. The zero-order valence-electron chi connectivity index (χ0n) is 21.2. The summed E-state index contributed by atoms with van der Waals surface area (Å²) in [6, 6.07) is 1.95. The van der Waals surface area contributed by atoms with E-state index in [1.54, 1.807) is 0 Å². The van der Waals surface area contributed by atoms with Crippen LogP contribution in [0.1, 0.15) is 38.9 Å². The van der Waals surface area contributed by atoms with Crippen molar-refractivity contribution in [2.24, 2.45) is 0 Å². The average Bonchev–Trinajstić information content (AvgIpc) is 2.85. The summed E-state index contributed by atoms with van der Waals surface area (Å²) in [5, 5.41) is 0. The molecule has 0 amide bonds. The molecule has 0 spiro atoms. The summed E-state index contributed by atoms with van der Waals surface area (Å²) < 4.78 is 250. The highest BCUT2D eigenvalue weighted by atomic mass is 19.4. The number of hydrogen-bond donors (Lipinski definition) is 0. The molecule has 0 aliphatic carbocycles. The molecule has 0 radical (unpaired) electrons. The van der Waals surface area contributed by atoms with Crippen molar-refractivity contribution in [1.29, 1.82) is 0 Å². The predicted molar refractivity (Wildman–Crippen MR) is 123 cm³/mol. The summed E-state index contributed by atoms with van der Waals surface area (Å²) in [4.78, 5) is 0. The summed E-state index contributed by atoms with van der Waals surface area (Å²) >= 11 is 0. The molecule has 0 aliphatic heterocycles. The van der Waals surface area contributed by atoms with Crippen LogP contribution in [0, 0.1) is 0 Å². The second-order valence-electron chi connectivity index (χ2n) is 9.20. The van der Waals surface area contributed by atoms with Gasteiger partial charge in [-0.1, -0.05) is 36.4 Å². The molecule has 0 unspecified atom stereocenters. The van der Waals surface area contributed by atoms with E-state index in [0.717, 1.165) is 12.1 Å². The largest absolute Gasteiger partial charge is 0.416 e. The minimum atomic E-state index is -6.28. The Morgan fingerprint density at radius 3 is 0.933 bits per heavy atom. The van der Waals surface area contributed by atoms with Gasteiger partial charge in [0.2, 0.25) is 6.71 Å². The van der Waals surface area contributed by atoms with Crippen molar-refractivity contribution in [2.75, 3.05) is 0 Å². The molecule has 0 aliphatic rings. The van der Waals surface area contributed by atoms with Gasteiger partial charge in [-0.2, -0.15) is 79.0 Å². The standard InChI is InChI=1S/C26H11BF18/c28-21(29,30)13-8-15(23(34,35)36)19(16(9-13)24(37,38)39)27(7-6-12-4-2-1-3-5-12)20-17(25(40,41)42)10-14(22(31,32)33)11-18(20)26(43,44)45/h1-11H/b7-6+. The lowest BCUT2D eigenvalue weighted by Crippen LogP contribution is -2.52. The second-order valence-corrected chi connectivity index (χ2v) is 9.20. The van der Waals surface area contributed by atoms with Gasteiger partial charge in [0.25, 0.3) is 0 Å². The van der Waals surface area contributed by atoms with Gasteiger partial charge < -0.3 is 0 Å². The van der Waals surface area contributed by atoms with E-state index in [1.807, 2.05) is 0 Å². The van der Waals surface area contributed by atoms with Crippen LogP contribution in [0.15, 0.2) is 60.6 Å². The fourth-order valence-electron chi connectivity index (χ4n) is 4.35. The van der Waals surface area contributed by atoms with Gasteiger partial charge in [-0.15, -0.1) is 5.98 Å². The molecule has 19 heteroatoms. The molecule has 0 N–H and O–H groups in total. The van der Waals surface area contributed by atoms with Crippen molar-refractivity contribution in [2.45, 2.75) is 37.1 Å². The lowest BCUT2D eigenvalue weighted by Gasteiger charge is -2.28. The third-order valence-corrected chi connectivity index (χ3v) is 6.14. The smallest absolute Gasteiger partial charge is 0.166 e. The third-order valence-electron chi connectivity index (χ3n) is 6.14. The monoisotopic (exact) mass is 676 g/mol. The first-order valence-corrected chi connectivity index (χ1v) is 11.7. The van der Waals surface area contributed by atoms with Crippen LogP contribution in [0.4, 0.5) is 79.0 Å². The number of halogens is 18. The molecule has 45 heavy (non-hydrogen) atoms. The maximum atomic E-state index is 14.2. The van der Waals surface area contributed by atoms with Gasteiger partial charge in [0, 0.05) is 0 Å². The van der Waals surface area contributed by atoms with Gasteiger partial charge in [-0.05, 0) is 40.8 Å². The van der Waals surface area contributed by atoms with E-state index < -0.39 is 112 Å². The van der Waals surface area contributed by atoms with Crippen molar-refractivity contribution in [1.82, 2.24) is 0 Å². The molecule has 0 bridgehead atoms. The quantitative estimate of drug-likeness (QED) is 0.191. The first-order valence-electron chi connectivity index (χ1n) is 11.7. The van der Waals surface area contributed by atoms with E-state index in [4.69, 9.17) is 0 Å². The van der Waals surface area contributed by atoms with Gasteiger partial charge in [-0.3, -0.25) is 0 Å². The molecular formula is C26H11BF18. The first kappa shape index (κ1) is 35.7. The number of benzene rings is 3. The van der Waals surface area contributed by atoms with Gasteiger partial charge in [-0.25, -0.2) is 0 Å². The summed E-state index contributed by atoms with van der Waals surface area (Å²) in [6.45, 7) is -3.53. The molecule has 0 saturated carbocycles. The lowest BCUT2D eigenvalue weighted by molar-refractivity contribution is -0.149. The van der Waals surface area contributed by atoms with E-state index >= 15 is 0 Å². The Labute approximate surface area is 240 Å². The zero-order valence-corrected chi connectivity index (χ0v) is 21.2. The Bertz CT molecular complexity index is 1390. The summed E-state index contributed by atoms with van der Waals surface area (Å²) in [5.74, 6) is -0.0323. The minimum absolute atomic E-state index is 0.0323. The Kier molecular flexibility index (Phi) is 9.14. The van der Waals surface area contributed by atoms with Crippen LogP contribution in [-0.4, -0.2) is 6.71 Å². The van der Waals surface area contributed by atoms with Crippen molar-refractivity contribution in [3.05, 3.63) is 99.5 Å². The number of hydrogen-bond acceptors (Lipinski definition) is 0. The Hall–Kier alpha value is -3.80. The van der Waals surface area contributed by atoms with Crippen molar-refractivity contribution in [3.8, 4) is 0 Å². The zero-order chi connectivity index (χ0) is 34.6. The highest BCUT2D eigenvalue weighted by Crippen LogP contribution is 2.43. The van der Waals surface area contributed by atoms with Crippen LogP contribution in [-0.2, 0) is 37.1 Å². The molecule has 3 aromatic carbocycles. The fourth-order valence-corrected chi connectivity index (χ4v) is 4.35. The molecule has 0 fully saturated rings. The van der Waals surface area contributed by atoms with Crippen molar-refractivity contribution < 1.29 is 79.0 Å². The summed E-state index contributed by atoms with van der Waals surface area (Å²) in [7, 11) is 0. The lowest BCUT2D eigenvalue weighted by atomic mass is 9.37. The predicted octanol–water partition coefficient (Wildman–Crippen LogP) is 9.66. The van der Waals surface area contributed by atoms with Gasteiger partial charge in [0.1, 0.15) is 0 Å². The van der Waals surface area contributed by atoms with E-state index in [9.17, 15) is 79.0 Å². The minimum Gasteiger partial charge on any atom is -0.166 e. The van der Waals surface area contributed by atoms with Crippen molar-refractivity contribution >= 4 is 23.7 Å². The van der Waals surface area contributed by atoms with E-state index in [-0.39, 0.29) is 11.5 Å². The SMILES string of the molecule is FC(F)(F)c1cc(C(F)(F)F)c(B(/C=C/c2ccccc2)c2c(C(F)(F)F)cc(C(F)(F)F)cc2C(F)(F)F)c(C(F)(F)F)c1. The molecule has 0 atom stereocenters.